The quantitative estimate of drug-likeness (QED) is 0.905. The zero-order valence-electron chi connectivity index (χ0n) is 9.54. The van der Waals surface area contributed by atoms with Gasteiger partial charge < -0.3 is 5.32 Å². The molecule has 2 rings (SSSR count). The SMILES string of the molecule is CC1C(=O)NCCN1Cc1cc(F)cc(Br)c1. The minimum Gasteiger partial charge on any atom is -0.353 e. The zero-order chi connectivity index (χ0) is 12.4. The van der Waals surface area contributed by atoms with Crippen LogP contribution in [0, 0.1) is 5.82 Å². The van der Waals surface area contributed by atoms with Crippen LogP contribution in [0.15, 0.2) is 22.7 Å². The van der Waals surface area contributed by atoms with Gasteiger partial charge in [-0.2, -0.15) is 0 Å². The molecule has 3 nitrogen and oxygen atoms in total. The van der Waals surface area contributed by atoms with E-state index in [1.807, 2.05) is 17.9 Å². The second kappa shape index (κ2) is 5.14. The summed E-state index contributed by atoms with van der Waals surface area (Å²) in [5, 5.41) is 2.81. The van der Waals surface area contributed by atoms with Crippen LogP contribution in [0.2, 0.25) is 0 Å². The van der Waals surface area contributed by atoms with Crippen molar-refractivity contribution in [3.05, 3.63) is 34.1 Å². The second-order valence-corrected chi connectivity index (χ2v) is 5.13. The van der Waals surface area contributed by atoms with Crippen LogP contribution in [0.1, 0.15) is 12.5 Å². The van der Waals surface area contributed by atoms with Gasteiger partial charge in [-0.3, -0.25) is 9.69 Å². The fourth-order valence-corrected chi connectivity index (χ4v) is 2.50. The number of piperazine rings is 1. The van der Waals surface area contributed by atoms with Gasteiger partial charge in [-0.25, -0.2) is 4.39 Å². The highest BCUT2D eigenvalue weighted by Gasteiger charge is 2.25. The third-order valence-electron chi connectivity index (χ3n) is 2.93. The van der Waals surface area contributed by atoms with Gasteiger partial charge in [-0.15, -0.1) is 0 Å². The molecule has 1 N–H and O–H groups in total. The molecule has 1 aliphatic rings. The Morgan fingerprint density at radius 1 is 1.53 bits per heavy atom. The number of nitrogens with zero attached hydrogens (tertiary/aromatic N) is 1. The largest absolute Gasteiger partial charge is 0.353 e. The monoisotopic (exact) mass is 300 g/mol. The van der Waals surface area contributed by atoms with Gasteiger partial charge in [0.25, 0.3) is 0 Å². The Labute approximate surface area is 108 Å². The smallest absolute Gasteiger partial charge is 0.237 e. The number of hydrogen-bond donors (Lipinski definition) is 1. The Hall–Kier alpha value is -0.940. The maximum Gasteiger partial charge on any atom is 0.237 e. The maximum atomic E-state index is 13.2. The van der Waals surface area contributed by atoms with Gasteiger partial charge >= 0.3 is 0 Å². The van der Waals surface area contributed by atoms with Gasteiger partial charge in [0.05, 0.1) is 6.04 Å². The van der Waals surface area contributed by atoms with Gasteiger partial charge in [-0.1, -0.05) is 15.9 Å². The molecule has 92 valence electrons. The molecule has 5 heteroatoms. The number of rotatable bonds is 2. The molecule has 0 spiro atoms. The van der Waals surface area contributed by atoms with E-state index in [1.165, 1.54) is 12.1 Å². The number of amides is 1. The lowest BCUT2D eigenvalue weighted by molar-refractivity contribution is -0.128. The third kappa shape index (κ3) is 3.04. The molecule has 0 bridgehead atoms. The number of nitrogens with one attached hydrogen (secondary N) is 1. The van der Waals surface area contributed by atoms with Gasteiger partial charge in [0.15, 0.2) is 0 Å². The normalized spacial score (nSPS) is 21.4. The van der Waals surface area contributed by atoms with E-state index < -0.39 is 0 Å². The summed E-state index contributed by atoms with van der Waals surface area (Å²) in [6.45, 7) is 3.90. The summed E-state index contributed by atoms with van der Waals surface area (Å²) in [5.41, 5.74) is 0.874. The van der Waals surface area contributed by atoms with E-state index in [0.717, 1.165) is 16.6 Å². The van der Waals surface area contributed by atoms with Gasteiger partial charge in [0, 0.05) is 24.1 Å². The minimum atomic E-state index is -0.261. The summed E-state index contributed by atoms with van der Waals surface area (Å²) in [5.74, 6) is -0.227. The highest BCUT2D eigenvalue weighted by Crippen LogP contribution is 2.17. The van der Waals surface area contributed by atoms with Crippen molar-refractivity contribution in [3.63, 3.8) is 0 Å². The second-order valence-electron chi connectivity index (χ2n) is 4.22. The van der Waals surface area contributed by atoms with E-state index in [0.29, 0.717) is 13.1 Å². The summed E-state index contributed by atoms with van der Waals surface area (Å²) < 4.78 is 14.0. The van der Waals surface area contributed by atoms with Crippen molar-refractivity contribution in [2.45, 2.75) is 19.5 Å². The average Bonchev–Trinajstić information content (AvgIpc) is 2.23. The van der Waals surface area contributed by atoms with Gasteiger partial charge in [0.2, 0.25) is 5.91 Å². The topological polar surface area (TPSA) is 32.3 Å². The Morgan fingerprint density at radius 3 is 3.00 bits per heavy atom. The highest BCUT2D eigenvalue weighted by molar-refractivity contribution is 9.10. The Bertz CT molecular complexity index is 418. The molecule has 1 saturated heterocycles. The maximum absolute atomic E-state index is 13.2. The Kier molecular flexibility index (Phi) is 3.79. The van der Waals surface area contributed by atoms with Crippen LogP contribution in [0.3, 0.4) is 0 Å². The van der Waals surface area contributed by atoms with Crippen molar-refractivity contribution in [3.8, 4) is 0 Å². The van der Waals surface area contributed by atoms with Crippen molar-refractivity contribution in [1.29, 1.82) is 0 Å². The van der Waals surface area contributed by atoms with Crippen LogP contribution in [0.5, 0.6) is 0 Å². The molecule has 1 aromatic carbocycles. The summed E-state index contributed by atoms with van der Waals surface area (Å²) in [6.07, 6.45) is 0. The summed E-state index contributed by atoms with van der Waals surface area (Å²) in [7, 11) is 0. The predicted molar refractivity (Wildman–Crippen MR) is 67.0 cm³/mol. The highest BCUT2D eigenvalue weighted by atomic mass is 79.9. The summed E-state index contributed by atoms with van der Waals surface area (Å²) in [4.78, 5) is 13.5. The van der Waals surface area contributed by atoms with Crippen LogP contribution in [-0.4, -0.2) is 29.9 Å². The molecular weight excluding hydrogens is 287 g/mol. The predicted octanol–water partition coefficient (Wildman–Crippen LogP) is 1.91. The van der Waals surface area contributed by atoms with E-state index in [-0.39, 0.29) is 17.8 Å². The van der Waals surface area contributed by atoms with Crippen LogP contribution in [0.4, 0.5) is 4.39 Å². The lowest BCUT2D eigenvalue weighted by atomic mass is 10.1. The fourth-order valence-electron chi connectivity index (χ4n) is 1.98. The minimum absolute atomic E-state index is 0.0340. The van der Waals surface area contributed by atoms with E-state index in [2.05, 4.69) is 21.2 Å². The van der Waals surface area contributed by atoms with Crippen molar-refractivity contribution in [1.82, 2.24) is 10.2 Å². The molecule has 1 amide bonds. The lowest BCUT2D eigenvalue weighted by Gasteiger charge is -2.32. The number of halogens is 2. The number of carbonyl (C=O) groups is 1. The molecule has 1 atom stereocenters. The van der Waals surface area contributed by atoms with E-state index in [4.69, 9.17) is 0 Å². The standard InChI is InChI=1S/C12H14BrFN2O/c1-8-12(17)15-2-3-16(8)7-9-4-10(13)6-11(14)5-9/h4-6,8H,2-3,7H2,1H3,(H,15,17). The number of carbonyl (C=O) groups excluding carboxylic acids is 1. The van der Waals surface area contributed by atoms with Crippen molar-refractivity contribution >= 4 is 21.8 Å². The number of benzene rings is 1. The third-order valence-corrected chi connectivity index (χ3v) is 3.39. The lowest BCUT2D eigenvalue weighted by Crippen LogP contribution is -2.53. The van der Waals surface area contributed by atoms with Gasteiger partial charge in [0.1, 0.15) is 5.82 Å². The van der Waals surface area contributed by atoms with Crippen molar-refractivity contribution in [2.24, 2.45) is 0 Å². The van der Waals surface area contributed by atoms with E-state index >= 15 is 0 Å². The first-order chi connectivity index (χ1) is 8.06. The molecule has 1 aromatic rings. The van der Waals surface area contributed by atoms with E-state index in [9.17, 15) is 9.18 Å². The molecule has 1 heterocycles. The van der Waals surface area contributed by atoms with E-state index in [1.54, 1.807) is 0 Å². The molecule has 1 unspecified atom stereocenters. The molecule has 0 radical (unpaired) electrons. The average molecular weight is 301 g/mol. The Balaban J connectivity index is 2.11. The zero-order valence-corrected chi connectivity index (χ0v) is 11.1. The molecule has 0 saturated carbocycles. The molecule has 1 fully saturated rings. The first-order valence-corrected chi connectivity index (χ1v) is 6.32. The van der Waals surface area contributed by atoms with Crippen molar-refractivity contribution in [2.75, 3.05) is 13.1 Å². The molecule has 17 heavy (non-hydrogen) atoms. The first-order valence-electron chi connectivity index (χ1n) is 5.53. The van der Waals surface area contributed by atoms with Crippen LogP contribution >= 0.6 is 15.9 Å². The molecular formula is C12H14BrFN2O. The van der Waals surface area contributed by atoms with Crippen LogP contribution in [0.25, 0.3) is 0 Å². The van der Waals surface area contributed by atoms with Crippen LogP contribution in [-0.2, 0) is 11.3 Å². The van der Waals surface area contributed by atoms with Gasteiger partial charge in [-0.05, 0) is 30.7 Å². The summed E-state index contributed by atoms with van der Waals surface area (Å²) in [6, 6.07) is 4.65. The first kappa shape index (κ1) is 12.5. The molecule has 0 aliphatic carbocycles. The Morgan fingerprint density at radius 2 is 2.29 bits per heavy atom. The fraction of sp³-hybridized carbons (Fsp3) is 0.417. The number of hydrogen-bond acceptors (Lipinski definition) is 2. The molecule has 0 aromatic heterocycles. The van der Waals surface area contributed by atoms with Crippen molar-refractivity contribution < 1.29 is 9.18 Å². The summed E-state index contributed by atoms with van der Waals surface area (Å²) >= 11 is 3.27. The van der Waals surface area contributed by atoms with Crippen LogP contribution < -0.4 is 5.32 Å². The molecule has 1 aliphatic heterocycles.